The maximum atomic E-state index is 12.4. The summed E-state index contributed by atoms with van der Waals surface area (Å²) in [4.78, 5) is 49.6. The molecule has 0 aromatic heterocycles. The number of hydrogen-bond acceptors (Lipinski definition) is 4. The molecule has 0 saturated heterocycles. The highest BCUT2D eigenvalue weighted by molar-refractivity contribution is 9.10. The molecule has 1 aliphatic rings. The van der Waals surface area contributed by atoms with Gasteiger partial charge in [0.1, 0.15) is 11.8 Å². The molecule has 0 heterocycles. The van der Waals surface area contributed by atoms with Crippen molar-refractivity contribution < 1.29 is 19.2 Å². The van der Waals surface area contributed by atoms with Gasteiger partial charge in [-0.05, 0) is 23.3 Å². The molecule has 0 aliphatic heterocycles. The van der Waals surface area contributed by atoms with Crippen LogP contribution >= 0.6 is 15.9 Å². The smallest absolute Gasteiger partial charge is 0.214 e. The van der Waals surface area contributed by atoms with Gasteiger partial charge in [-0.1, -0.05) is 70.5 Å². The van der Waals surface area contributed by atoms with Crippen LogP contribution in [0.1, 0.15) is 17.0 Å². The first-order chi connectivity index (χ1) is 12.0. The minimum absolute atomic E-state index is 0.352. The number of ketones is 4. The second kappa shape index (κ2) is 7.07. The third-order valence-electron chi connectivity index (χ3n) is 4.06. The van der Waals surface area contributed by atoms with Gasteiger partial charge < -0.3 is 0 Å². The van der Waals surface area contributed by atoms with Crippen molar-refractivity contribution in [3.63, 3.8) is 0 Å². The third kappa shape index (κ3) is 3.42. The van der Waals surface area contributed by atoms with E-state index in [1.165, 1.54) is 6.08 Å². The van der Waals surface area contributed by atoms with Crippen LogP contribution in [0.4, 0.5) is 0 Å². The average Bonchev–Trinajstić information content (AvgIpc) is 2.63. The van der Waals surface area contributed by atoms with E-state index >= 15 is 0 Å². The van der Waals surface area contributed by atoms with Crippen LogP contribution in [-0.4, -0.2) is 23.1 Å². The van der Waals surface area contributed by atoms with Crippen molar-refractivity contribution >= 4 is 45.1 Å². The molecule has 0 N–H and O–H groups in total. The SMILES string of the molecule is O=C1C(=O)C(c2ccc(Br)cc2)C(=O)C(=O)C1C=Cc1ccccc1. The molecule has 1 aliphatic carbocycles. The summed E-state index contributed by atoms with van der Waals surface area (Å²) in [5.41, 5.74) is 1.13. The van der Waals surface area contributed by atoms with Gasteiger partial charge >= 0.3 is 0 Å². The minimum atomic E-state index is -1.34. The van der Waals surface area contributed by atoms with Gasteiger partial charge in [0.15, 0.2) is 0 Å². The lowest BCUT2D eigenvalue weighted by Crippen LogP contribution is -2.46. The molecule has 5 heteroatoms. The Labute approximate surface area is 152 Å². The van der Waals surface area contributed by atoms with Crippen molar-refractivity contribution in [2.24, 2.45) is 5.92 Å². The van der Waals surface area contributed by atoms with E-state index in [0.717, 1.165) is 10.0 Å². The monoisotopic (exact) mass is 396 g/mol. The molecule has 2 aromatic carbocycles. The molecule has 3 rings (SSSR count). The molecule has 25 heavy (non-hydrogen) atoms. The minimum Gasteiger partial charge on any atom is -0.290 e. The van der Waals surface area contributed by atoms with Gasteiger partial charge in [-0.2, -0.15) is 0 Å². The fourth-order valence-corrected chi connectivity index (χ4v) is 3.00. The van der Waals surface area contributed by atoms with Crippen LogP contribution in [0, 0.1) is 5.92 Å². The lowest BCUT2D eigenvalue weighted by Gasteiger charge is -2.22. The Morgan fingerprint density at radius 1 is 0.720 bits per heavy atom. The first-order valence-corrected chi connectivity index (χ1v) is 8.43. The number of rotatable bonds is 3. The molecule has 0 bridgehead atoms. The predicted molar refractivity (Wildman–Crippen MR) is 95.9 cm³/mol. The van der Waals surface area contributed by atoms with E-state index in [0.29, 0.717) is 5.56 Å². The van der Waals surface area contributed by atoms with Gasteiger partial charge in [-0.3, -0.25) is 19.2 Å². The Kier molecular flexibility index (Phi) is 4.86. The molecule has 0 spiro atoms. The van der Waals surface area contributed by atoms with Gasteiger partial charge in [0, 0.05) is 4.47 Å². The number of halogens is 1. The molecule has 0 radical (unpaired) electrons. The summed E-state index contributed by atoms with van der Waals surface area (Å²) in [6.45, 7) is 0. The lowest BCUT2D eigenvalue weighted by molar-refractivity contribution is -0.151. The fraction of sp³-hybridized carbons (Fsp3) is 0.100. The first-order valence-electron chi connectivity index (χ1n) is 7.64. The summed E-state index contributed by atoms with van der Waals surface area (Å²) in [7, 11) is 0. The van der Waals surface area contributed by atoms with Crippen LogP contribution < -0.4 is 0 Å². The van der Waals surface area contributed by atoms with E-state index in [1.807, 2.05) is 18.2 Å². The Hall–Kier alpha value is -2.66. The summed E-state index contributed by atoms with van der Waals surface area (Å²) >= 11 is 3.26. The van der Waals surface area contributed by atoms with E-state index in [9.17, 15) is 19.2 Å². The number of allylic oxidation sites excluding steroid dienone is 1. The number of carbonyl (C=O) groups is 4. The predicted octanol–water partition coefficient (Wildman–Crippen LogP) is 3.15. The zero-order valence-corrected chi connectivity index (χ0v) is 14.6. The summed E-state index contributed by atoms with van der Waals surface area (Å²) in [6.07, 6.45) is 2.90. The average molecular weight is 397 g/mol. The van der Waals surface area contributed by atoms with Crippen molar-refractivity contribution in [2.75, 3.05) is 0 Å². The third-order valence-corrected chi connectivity index (χ3v) is 4.59. The number of hydrogen-bond donors (Lipinski definition) is 0. The molecular formula is C20H13BrO4. The van der Waals surface area contributed by atoms with Crippen molar-refractivity contribution in [3.8, 4) is 0 Å². The molecule has 0 atom stereocenters. The lowest BCUT2D eigenvalue weighted by atomic mass is 9.75. The number of benzene rings is 2. The Morgan fingerprint density at radius 2 is 1.28 bits per heavy atom. The van der Waals surface area contributed by atoms with Crippen molar-refractivity contribution in [3.05, 3.63) is 76.3 Å². The highest BCUT2D eigenvalue weighted by Gasteiger charge is 2.48. The summed E-state index contributed by atoms with van der Waals surface area (Å²) < 4.78 is 0.772. The second-order valence-electron chi connectivity index (χ2n) is 5.69. The first kappa shape index (κ1) is 17.2. The molecular weight excluding hydrogens is 384 g/mol. The van der Waals surface area contributed by atoms with Crippen LogP contribution in [0.25, 0.3) is 6.08 Å². The van der Waals surface area contributed by atoms with Gasteiger partial charge in [0.05, 0.1) is 0 Å². The topological polar surface area (TPSA) is 68.3 Å². The summed E-state index contributed by atoms with van der Waals surface area (Å²) in [6, 6.07) is 15.5. The highest BCUT2D eigenvalue weighted by atomic mass is 79.9. The number of Topliss-reactive ketones (excluding diaryl/α,β-unsaturated/α-hetero) is 4. The van der Waals surface area contributed by atoms with Crippen LogP contribution in [0.5, 0.6) is 0 Å². The van der Waals surface area contributed by atoms with Gasteiger partial charge in [0.2, 0.25) is 23.1 Å². The van der Waals surface area contributed by atoms with E-state index in [1.54, 1.807) is 42.5 Å². The van der Waals surface area contributed by atoms with E-state index in [4.69, 9.17) is 0 Å². The molecule has 0 unspecified atom stereocenters. The molecule has 1 fully saturated rings. The van der Waals surface area contributed by atoms with Crippen LogP contribution in [-0.2, 0) is 19.2 Å². The maximum Gasteiger partial charge on any atom is 0.214 e. The van der Waals surface area contributed by atoms with Crippen molar-refractivity contribution in [1.29, 1.82) is 0 Å². The Morgan fingerprint density at radius 3 is 1.84 bits per heavy atom. The largest absolute Gasteiger partial charge is 0.290 e. The highest BCUT2D eigenvalue weighted by Crippen LogP contribution is 2.28. The Balaban J connectivity index is 1.89. The van der Waals surface area contributed by atoms with Crippen LogP contribution in [0.2, 0.25) is 0 Å². The molecule has 4 nitrogen and oxygen atoms in total. The molecule has 124 valence electrons. The standard InChI is InChI=1S/C20H13BrO4/c21-14-9-7-13(8-10-14)16-19(24)17(22)15(18(23)20(16)25)11-6-12-4-2-1-3-5-12/h1-11,15-16H. The molecule has 1 saturated carbocycles. The van der Waals surface area contributed by atoms with Crippen molar-refractivity contribution in [2.45, 2.75) is 5.92 Å². The maximum absolute atomic E-state index is 12.4. The Bertz CT molecular complexity index is 854. The van der Waals surface area contributed by atoms with Crippen molar-refractivity contribution in [1.82, 2.24) is 0 Å². The van der Waals surface area contributed by atoms with E-state index in [2.05, 4.69) is 15.9 Å². The molecule has 2 aromatic rings. The van der Waals surface area contributed by atoms with Gasteiger partial charge in [-0.15, -0.1) is 0 Å². The zero-order valence-electron chi connectivity index (χ0n) is 13.0. The van der Waals surface area contributed by atoms with Gasteiger partial charge in [-0.25, -0.2) is 0 Å². The second-order valence-corrected chi connectivity index (χ2v) is 6.60. The number of carbonyl (C=O) groups excluding carboxylic acids is 4. The molecule has 0 amide bonds. The normalized spacial score (nSPS) is 21.2. The fourth-order valence-electron chi connectivity index (χ4n) is 2.73. The summed E-state index contributed by atoms with van der Waals surface area (Å²) in [5, 5.41) is 0. The summed E-state index contributed by atoms with van der Waals surface area (Å²) in [5.74, 6) is -6.04. The van der Waals surface area contributed by atoms with Crippen LogP contribution in [0.3, 0.4) is 0 Å². The van der Waals surface area contributed by atoms with E-state index in [-0.39, 0.29) is 0 Å². The quantitative estimate of drug-likeness (QED) is 0.590. The van der Waals surface area contributed by atoms with E-state index < -0.39 is 35.0 Å². The zero-order chi connectivity index (χ0) is 18.0. The van der Waals surface area contributed by atoms with Crippen LogP contribution in [0.15, 0.2) is 65.1 Å². The van der Waals surface area contributed by atoms with Gasteiger partial charge in [0.25, 0.3) is 0 Å².